The minimum absolute atomic E-state index is 0.0966. The molecule has 1 heterocycles. The van der Waals surface area contributed by atoms with E-state index >= 15 is 0 Å². The fraction of sp³-hybridized carbons (Fsp3) is 0.267. The number of hydrogen-bond donors (Lipinski definition) is 2. The van der Waals surface area contributed by atoms with E-state index in [0.29, 0.717) is 12.3 Å². The van der Waals surface area contributed by atoms with Crippen molar-refractivity contribution < 1.29 is 28.6 Å². The highest BCUT2D eigenvalue weighted by Crippen LogP contribution is 2.20. The van der Waals surface area contributed by atoms with Crippen molar-refractivity contribution in [2.24, 2.45) is 0 Å². The van der Waals surface area contributed by atoms with E-state index in [9.17, 15) is 14.4 Å². The summed E-state index contributed by atoms with van der Waals surface area (Å²) < 4.78 is 15.4. The lowest BCUT2D eigenvalue weighted by molar-refractivity contribution is -0.149. The van der Waals surface area contributed by atoms with Gasteiger partial charge in [-0.3, -0.25) is 9.59 Å². The third-order valence-electron chi connectivity index (χ3n) is 2.78. The van der Waals surface area contributed by atoms with Gasteiger partial charge in [0.15, 0.2) is 6.61 Å². The molecule has 0 aromatic heterocycles. The van der Waals surface area contributed by atoms with E-state index in [2.05, 4.69) is 26.6 Å². The Balaban J connectivity index is 1.69. The Labute approximate surface area is 146 Å². The van der Waals surface area contributed by atoms with Gasteiger partial charge < -0.3 is 24.8 Å². The monoisotopic (exact) mass is 398 g/mol. The van der Waals surface area contributed by atoms with Crippen molar-refractivity contribution in [3.63, 3.8) is 0 Å². The van der Waals surface area contributed by atoms with Crippen molar-refractivity contribution >= 4 is 39.4 Å². The highest BCUT2D eigenvalue weighted by molar-refractivity contribution is 9.10. The van der Waals surface area contributed by atoms with E-state index in [1.807, 2.05) is 6.07 Å². The van der Waals surface area contributed by atoms with Crippen LogP contribution < -0.4 is 10.6 Å². The minimum atomic E-state index is -0.803. The van der Waals surface area contributed by atoms with Crippen LogP contribution in [-0.4, -0.2) is 44.1 Å². The summed E-state index contributed by atoms with van der Waals surface area (Å²) >= 11 is 3.30. The standard InChI is InChI=1S/C15H15BrN2O6/c16-10-3-1-2-4-11(10)18-13(19)7-17-14(20)9-24-15(21)12-8-22-5-6-23-12/h1-4,8H,5-7,9H2,(H,17,20)(H,18,19). The molecule has 1 aliphatic heterocycles. The number of carbonyl (C=O) groups is 3. The smallest absolute Gasteiger partial charge is 0.377 e. The molecule has 0 fully saturated rings. The van der Waals surface area contributed by atoms with Gasteiger partial charge in [-0.05, 0) is 28.1 Å². The van der Waals surface area contributed by atoms with Crippen LogP contribution in [0.3, 0.4) is 0 Å². The number of carbonyl (C=O) groups excluding carboxylic acids is 3. The van der Waals surface area contributed by atoms with Crippen molar-refractivity contribution in [3.8, 4) is 0 Å². The van der Waals surface area contributed by atoms with Crippen LogP contribution in [0, 0.1) is 0 Å². The molecule has 2 N–H and O–H groups in total. The normalized spacial score (nSPS) is 13.0. The van der Waals surface area contributed by atoms with Crippen molar-refractivity contribution in [3.05, 3.63) is 40.8 Å². The molecule has 0 radical (unpaired) electrons. The maximum absolute atomic E-state index is 11.8. The maximum Gasteiger partial charge on any atom is 0.377 e. The molecule has 0 saturated heterocycles. The number of nitrogens with one attached hydrogen (secondary N) is 2. The number of hydrogen-bond acceptors (Lipinski definition) is 6. The summed E-state index contributed by atoms with van der Waals surface area (Å²) in [6.07, 6.45) is 1.13. The van der Waals surface area contributed by atoms with Gasteiger partial charge in [0.05, 0.1) is 12.2 Å². The topological polar surface area (TPSA) is 103 Å². The Hall–Kier alpha value is -2.55. The van der Waals surface area contributed by atoms with Gasteiger partial charge in [-0.25, -0.2) is 4.79 Å². The maximum atomic E-state index is 11.8. The Morgan fingerprint density at radius 3 is 2.67 bits per heavy atom. The third-order valence-corrected chi connectivity index (χ3v) is 3.47. The van der Waals surface area contributed by atoms with Crippen molar-refractivity contribution in [1.29, 1.82) is 0 Å². The van der Waals surface area contributed by atoms with E-state index in [1.54, 1.807) is 18.2 Å². The number of anilines is 1. The van der Waals surface area contributed by atoms with Crippen LogP contribution in [0.2, 0.25) is 0 Å². The predicted octanol–water partition coefficient (Wildman–Crippen LogP) is 0.935. The van der Waals surface area contributed by atoms with Gasteiger partial charge in [0.25, 0.3) is 5.91 Å². The highest BCUT2D eigenvalue weighted by Gasteiger charge is 2.18. The summed E-state index contributed by atoms with van der Waals surface area (Å²) in [6.45, 7) is -0.186. The number of ether oxygens (including phenoxy) is 3. The van der Waals surface area contributed by atoms with Crippen molar-refractivity contribution in [1.82, 2.24) is 5.32 Å². The van der Waals surface area contributed by atoms with Crippen LogP contribution in [0.15, 0.2) is 40.8 Å². The molecule has 0 bridgehead atoms. The Bertz CT molecular complexity index is 661. The molecule has 0 atom stereocenters. The van der Waals surface area contributed by atoms with Crippen LogP contribution in [0.5, 0.6) is 0 Å². The molecule has 1 aromatic rings. The molecule has 0 saturated carbocycles. The average molecular weight is 399 g/mol. The number of esters is 1. The zero-order valence-electron chi connectivity index (χ0n) is 12.5. The van der Waals surface area contributed by atoms with Crippen LogP contribution in [0.25, 0.3) is 0 Å². The first-order chi connectivity index (χ1) is 11.6. The van der Waals surface area contributed by atoms with Crippen LogP contribution in [0.4, 0.5) is 5.69 Å². The van der Waals surface area contributed by atoms with Gasteiger partial charge in [0, 0.05) is 4.47 Å². The summed E-state index contributed by atoms with van der Waals surface area (Å²) in [5, 5.41) is 4.97. The number of para-hydroxylation sites is 1. The molecule has 8 nitrogen and oxygen atoms in total. The van der Waals surface area contributed by atoms with E-state index in [4.69, 9.17) is 14.2 Å². The molecular weight excluding hydrogens is 384 g/mol. The van der Waals surface area contributed by atoms with E-state index in [0.717, 1.165) is 10.7 Å². The molecule has 9 heteroatoms. The lowest BCUT2D eigenvalue weighted by Crippen LogP contribution is -2.36. The summed E-state index contributed by atoms with van der Waals surface area (Å²) in [5.41, 5.74) is 0.588. The van der Waals surface area contributed by atoms with E-state index < -0.39 is 24.4 Å². The third kappa shape index (κ3) is 5.58. The quantitative estimate of drug-likeness (QED) is 0.691. The molecule has 2 amide bonds. The van der Waals surface area contributed by atoms with Crippen molar-refractivity contribution in [2.75, 3.05) is 31.7 Å². The first kappa shape index (κ1) is 17.8. The Morgan fingerprint density at radius 1 is 1.17 bits per heavy atom. The fourth-order valence-corrected chi connectivity index (χ4v) is 2.05. The van der Waals surface area contributed by atoms with Crippen LogP contribution in [0.1, 0.15) is 0 Å². The first-order valence-electron chi connectivity index (χ1n) is 6.99. The van der Waals surface area contributed by atoms with Crippen LogP contribution >= 0.6 is 15.9 Å². The van der Waals surface area contributed by atoms with Gasteiger partial charge >= 0.3 is 5.97 Å². The lowest BCUT2D eigenvalue weighted by atomic mass is 10.3. The first-order valence-corrected chi connectivity index (χ1v) is 7.78. The van der Waals surface area contributed by atoms with E-state index in [-0.39, 0.29) is 18.9 Å². The minimum Gasteiger partial charge on any atom is -0.493 e. The molecule has 128 valence electrons. The van der Waals surface area contributed by atoms with Gasteiger partial charge in [0.2, 0.25) is 11.7 Å². The molecular formula is C15H15BrN2O6. The molecule has 0 aliphatic carbocycles. The molecule has 0 spiro atoms. The molecule has 2 rings (SSSR count). The van der Waals surface area contributed by atoms with E-state index in [1.165, 1.54) is 0 Å². The second-order valence-corrected chi connectivity index (χ2v) is 5.44. The fourth-order valence-electron chi connectivity index (χ4n) is 1.66. The second kappa shape index (κ2) is 8.92. The van der Waals surface area contributed by atoms with Crippen molar-refractivity contribution in [2.45, 2.75) is 0 Å². The molecule has 0 unspecified atom stereocenters. The summed E-state index contributed by atoms with van der Waals surface area (Å²) in [6, 6.07) is 7.07. The summed E-state index contributed by atoms with van der Waals surface area (Å²) in [4.78, 5) is 34.9. The number of rotatable bonds is 6. The highest BCUT2D eigenvalue weighted by atomic mass is 79.9. The van der Waals surface area contributed by atoms with Gasteiger partial charge in [-0.1, -0.05) is 12.1 Å². The second-order valence-electron chi connectivity index (χ2n) is 4.58. The van der Waals surface area contributed by atoms with Crippen LogP contribution in [-0.2, 0) is 28.6 Å². The lowest BCUT2D eigenvalue weighted by Gasteiger charge is -2.14. The largest absolute Gasteiger partial charge is 0.493 e. The summed E-state index contributed by atoms with van der Waals surface area (Å²) in [5.74, 6) is -1.92. The number of benzene rings is 1. The zero-order chi connectivity index (χ0) is 17.4. The van der Waals surface area contributed by atoms with Gasteiger partial charge in [-0.2, -0.15) is 0 Å². The Morgan fingerprint density at radius 2 is 1.96 bits per heavy atom. The number of amides is 2. The molecule has 1 aromatic carbocycles. The molecule has 24 heavy (non-hydrogen) atoms. The van der Waals surface area contributed by atoms with Gasteiger partial charge in [-0.15, -0.1) is 0 Å². The average Bonchev–Trinajstić information content (AvgIpc) is 2.60. The van der Waals surface area contributed by atoms with Gasteiger partial charge in [0.1, 0.15) is 19.5 Å². The number of halogens is 1. The SMILES string of the molecule is O=C(COC(=O)C1=COCCO1)NCC(=O)Nc1ccccc1Br. The summed E-state index contributed by atoms with van der Waals surface area (Å²) in [7, 11) is 0. The molecule has 1 aliphatic rings. The predicted molar refractivity (Wildman–Crippen MR) is 86.7 cm³/mol. The zero-order valence-corrected chi connectivity index (χ0v) is 14.1. The Kier molecular flexibility index (Phi) is 6.62.